The van der Waals surface area contributed by atoms with Gasteiger partial charge >= 0.3 is 0 Å². The van der Waals surface area contributed by atoms with Crippen LogP contribution in [-0.4, -0.2) is 21.0 Å². The normalized spacial score (nSPS) is 17.0. The number of nitrogens with one attached hydrogen (secondary N) is 1. The Morgan fingerprint density at radius 2 is 2.18 bits per heavy atom. The van der Waals surface area contributed by atoms with Crippen molar-refractivity contribution in [3.63, 3.8) is 0 Å². The Morgan fingerprint density at radius 1 is 1.41 bits per heavy atom. The lowest BCUT2D eigenvalue weighted by Crippen LogP contribution is -2.39. The number of imidazole rings is 1. The fourth-order valence-electron chi connectivity index (χ4n) is 2.92. The van der Waals surface area contributed by atoms with Gasteiger partial charge in [0.15, 0.2) is 0 Å². The van der Waals surface area contributed by atoms with Crippen molar-refractivity contribution in [2.24, 2.45) is 0 Å². The summed E-state index contributed by atoms with van der Waals surface area (Å²) in [6.45, 7) is 4.18. The Bertz CT molecular complexity index is 644. The maximum atomic E-state index is 12.3. The highest BCUT2D eigenvalue weighted by atomic mass is 16.1. The molecule has 1 saturated carbocycles. The third-order valence-electron chi connectivity index (χ3n) is 4.56. The number of amides is 1. The predicted molar refractivity (Wildman–Crippen MR) is 86.5 cm³/mol. The summed E-state index contributed by atoms with van der Waals surface area (Å²) in [5, 5.41) is 3.26. The minimum absolute atomic E-state index is 0.0160. The average Bonchev–Trinajstić information content (AvgIpc) is 3.02. The highest BCUT2D eigenvalue weighted by Gasteiger charge is 2.44. The fourth-order valence-corrected chi connectivity index (χ4v) is 2.92. The molecular weight excluding hydrogens is 274 g/mol. The molecule has 0 aliphatic heterocycles. The summed E-state index contributed by atoms with van der Waals surface area (Å²) in [7, 11) is 0. The monoisotopic (exact) mass is 297 g/mol. The van der Waals surface area contributed by atoms with E-state index >= 15 is 0 Å². The molecule has 0 bridgehead atoms. The van der Waals surface area contributed by atoms with E-state index in [1.54, 1.807) is 12.5 Å². The van der Waals surface area contributed by atoms with Gasteiger partial charge in [0.2, 0.25) is 5.91 Å². The Morgan fingerprint density at radius 3 is 2.82 bits per heavy atom. The molecule has 1 atom stereocenters. The minimum atomic E-state index is -0.0160. The summed E-state index contributed by atoms with van der Waals surface area (Å²) in [5.41, 5.74) is 2.62. The van der Waals surface area contributed by atoms with E-state index < -0.39 is 0 Å². The topological polar surface area (TPSA) is 46.9 Å². The zero-order valence-electron chi connectivity index (χ0n) is 13.2. The zero-order chi connectivity index (χ0) is 15.6. The van der Waals surface area contributed by atoms with Crippen LogP contribution in [0.25, 0.3) is 0 Å². The lowest BCUT2D eigenvalue weighted by Gasteiger charge is -2.20. The van der Waals surface area contributed by atoms with Crippen molar-refractivity contribution < 1.29 is 4.79 Å². The molecule has 1 heterocycles. The van der Waals surface area contributed by atoms with E-state index in [0.29, 0.717) is 6.42 Å². The molecule has 22 heavy (non-hydrogen) atoms. The van der Waals surface area contributed by atoms with Gasteiger partial charge < -0.3 is 9.88 Å². The van der Waals surface area contributed by atoms with Crippen LogP contribution in [0.2, 0.25) is 0 Å². The van der Waals surface area contributed by atoms with Crippen molar-refractivity contribution >= 4 is 5.91 Å². The van der Waals surface area contributed by atoms with Crippen molar-refractivity contribution in [2.45, 2.75) is 51.1 Å². The Labute approximate surface area is 131 Å². The Balaban J connectivity index is 1.58. The van der Waals surface area contributed by atoms with E-state index in [-0.39, 0.29) is 17.5 Å². The second kappa shape index (κ2) is 5.95. The summed E-state index contributed by atoms with van der Waals surface area (Å²) in [6, 6.07) is 8.56. The summed E-state index contributed by atoms with van der Waals surface area (Å²) >= 11 is 0. The number of aryl methyl sites for hydroxylation is 1. The average molecular weight is 297 g/mol. The molecule has 0 spiro atoms. The van der Waals surface area contributed by atoms with Gasteiger partial charge in [-0.25, -0.2) is 4.98 Å². The Kier molecular flexibility index (Phi) is 4.01. The lowest BCUT2D eigenvalue weighted by atomic mass is 9.99. The van der Waals surface area contributed by atoms with Crippen LogP contribution in [0.15, 0.2) is 43.0 Å². The third kappa shape index (κ3) is 3.38. The molecule has 1 fully saturated rings. The van der Waals surface area contributed by atoms with Gasteiger partial charge in [-0.3, -0.25) is 4.79 Å². The van der Waals surface area contributed by atoms with E-state index in [0.717, 1.165) is 19.3 Å². The first-order valence-corrected chi connectivity index (χ1v) is 7.91. The zero-order valence-corrected chi connectivity index (χ0v) is 13.2. The molecular formula is C18H23N3O. The van der Waals surface area contributed by atoms with Gasteiger partial charge in [0.1, 0.15) is 0 Å². The number of benzene rings is 1. The molecule has 1 aliphatic carbocycles. The standard InChI is InChI=1S/C18H23N3O/c1-14-5-3-4-6-16(14)12-18(7-8-18)20-17(22)11-15(2)21-10-9-19-13-21/h3-6,9-10,13,15H,7-8,11-12H2,1-2H3,(H,20,22)/t15-/m1/s1. The number of hydrogen-bond acceptors (Lipinski definition) is 2. The number of nitrogens with zero attached hydrogens (tertiary/aromatic N) is 2. The number of rotatable bonds is 6. The van der Waals surface area contributed by atoms with Gasteiger partial charge in [0, 0.05) is 30.4 Å². The quantitative estimate of drug-likeness (QED) is 0.891. The van der Waals surface area contributed by atoms with Crippen molar-refractivity contribution in [3.8, 4) is 0 Å². The molecule has 116 valence electrons. The molecule has 2 aromatic rings. The molecule has 1 amide bonds. The van der Waals surface area contributed by atoms with E-state index in [1.165, 1.54) is 11.1 Å². The van der Waals surface area contributed by atoms with Crippen molar-refractivity contribution in [1.82, 2.24) is 14.9 Å². The maximum Gasteiger partial charge on any atom is 0.222 e. The van der Waals surface area contributed by atoms with Crippen LogP contribution in [0.1, 0.15) is 43.4 Å². The molecule has 4 heteroatoms. The van der Waals surface area contributed by atoms with Crippen molar-refractivity contribution in [2.75, 3.05) is 0 Å². The van der Waals surface area contributed by atoms with Crippen LogP contribution in [-0.2, 0) is 11.2 Å². The van der Waals surface area contributed by atoms with Gasteiger partial charge in [-0.15, -0.1) is 0 Å². The molecule has 0 unspecified atom stereocenters. The van der Waals surface area contributed by atoms with Crippen LogP contribution in [0.5, 0.6) is 0 Å². The molecule has 4 nitrogen and oxygen atoms in total. The summed E-state index contributed by atoms with van der Waals surface area (Å²) < 4.78 is 1.97. The van der Waals surface area contributed by atoms with Crippen LogP contribution in [0.3, 0.4) is 0 Å². The van der Waals surface area contributed by atoms with E-state index in [2.05, 4.69) is 41.5 Å². The van der Waals surface area contributed by atoms with Gasteiger partial charge in [0.05, 0.1) is 6.33 Å². The van der Waals surface area contributed by atoms with Crippen molar-refractivity contribution in [3.05, 3.63) is 54.1 Å². The first-order chi connectivity index (χ1) is 10.6. The molecule has 1 aromatic carbocycles. The Hall–Kier alpha value is -2.10. The molecule has 1 aromatic heterocycles. The van der Waals surface area contributed by atoms with Gasteiger partial charge in [-0.1, -0.05) is 24.3 Å². The van der Waals surface area contributed by atoms with Crippen LogP contribution in [0, 0.1) is 6.92 Å². The lowest BCUT2D eigenvalue weighted by molar-refractivity contribution is -0.122. The minimum Gasteiger partial charge on any atom is -0.350 e. The van der Waals surface area contributed by atoms with Crippen LogP contribution in [0.4, 0.5) is 0 Å². The molecule has 0 saturated heterocycles. The second-order valence-electron chi connectivity index (χ2n) is 6.49. The van der Waals surface area contributed by atoms with E-state index in [1.807, 2.05) is 17.7 Å². The first kappa shape index (κ1) is 14.8. The first-order valence-electron chi connectivity index (χ1n) is 7.91. The summed E-state index contributed by atoms with van der Waals surface area (Å²) in [6.07, 6.45) is 8.99. The third-order valence-corrected chi connectivity index (χ3v) is 4.56. The highest BCUT2D eigenvalue weighted by Crippen LogP contribution is 2.39. The number of aromatic nitrogens is 2. The number of hydrogen-bond donors (Lipinski definition) is 1. The van der Waals surface area contributed by atoms with E-state index in [9.17, 15) is 4.79 Å². The molecule has 0 radical (unpaired) electrons. The van der Waals surface area contributed by atoms with Crippen molar-refractivity contribution in [1.29, 1.82) is 0 Å². The van der Waals surface area contributed by atoms with Gasteiger partial charge in [0.25, 0.3) is 0 Å². The maximum absolute atomic E-state index is 12.3. The van der Waals surface area contributed by atoms with Gasteiger partial charge in [-0.2, -0.15) is 0 Å². The van der Waals surface area contributed by atoms with Crippen LogP contribution < -0.4 is 5.32 Å². The largest absolute Gasteiger partial charge is 0.350 e. The number of carbonyl (C=O) groups is 1. The second-order valence-corrected chi connectivity index (χ2v) is 6.49. The smallest absolute Gasteiger partial charge is 0.222 e. The van der Waals surface area contributed by atoms with Crippen LogP contribution >= 0.6 is 0 Å². The molecule has 1 N–H and O–H groups in total. The fraction of sp³-hybridized carbons (Fsp3) is 0.444. The van der Waals surface area contributed by atoms with E-state index in [4.69, 9.17) is 0 Å². The molecule has 1 aliphatic rings. The SMILES string of the molecule is Cc1ccccc1CC1(NC(=O)C[C@@H](C)n2ccnc2)CC1. The number of carbonyl (C=O) groups excluding carboxylic acids is 1. The predicted octanol–water partition coefficient (Wildman–Crippen LogP) is 3.03. The highest BCUT2D eigenvalue weighted by molar-refractivity contribution is 5.77. The summed E-state index contributed by atoms with van der Waals surface area (Å²) in [4.78, 5) is 16.4. The molecule has 3 rings (SSSR count). The van der Waals surface area contributed by atoms with Gasteiger partial charge in [-0.05, 0) is 44.2 Å². The summed E-state index contributed by atoms with van der Waals surface area (Å²) in [5.74, 6) is 0.132.